The molecule has 3 amide bonds. The second-order valence-corrected chi connectivity index (χ2v) is 12.2. The molecule has 2 N–H and O–H groups in total. The second-order valence-electron chi connectivity index (χ2n) is 12.2. The van der Waals surface area contributed by atoms with Crippen molar-refractivity contribution in [2.24, 2.45) is 11.8 Å². The molecule has 1 aliphatic carbocycles. The molecule has 46 heavy (non-hydrogen) atoms. The van der Waals surface area contributed by atoms with Crippen LogP contribution in [0.4, 0.5) is 22.0 Å². The van der Waals surface area contributed by atoms with Crippen molar-refractivity contribution in [3.63, 3.8) is 0 Å². The number of fused-ring (bicyclic) bond motifs is 1. The SMILES string of the molecule is CC(C)C[C@@H]1C(=O)NC(C2Cc3ccccc3C2)C(=O)N1[C@@H](C(=O)N(C)CCN(C)C)c1ccc(F)cc1F.O=C(O)C(F)(F)F. The predicted octanol–water partition coefficient (Wildman–Crippen LogP) is 3.82. The third-order valence-electron chi connectivity index (χ3n) is 7.98. The number of hydrogen-bond acceptors (Lipinski definition) is 5. The van der Waals surface area contributed by atoms with Crippen molar-refractivity contribution in [2.45, 2.75) is 57.4 Å². The van der Waals surface area contributed by atoms with E-state index in [-0.39, 0.29) is 23.3 Å². The Labute approximate surface area is 264 Å². The van der Waals surface area contributed by atoms with Gasteiger partial charge >= 0.3 is 12.1 Å². The monoisotopic (exact) mass is 654 g/mol. The van der Waals surface area contributed by atoms with Crippen LogP contribution in [0.15, 0.2) is 42.5 Å². The van der Waals surface area contributed by atoms with Crippen LogP contribution in [0.2, 0.25) is 0 Å². The van der Waals surface area contributed by atoms with Gasteiger partial charge in [0.2, 0.25) is 17.7 Å². The van der Waals surface area contributed by atoms with Crippen LogP contribution in [0, 0.1) is 23.5 Å². The van der Waals surface area contributed by atoms with Crippen molar-refractivity contribution in [1.82, 2.24) is 20.0 Å². The van der Waals surface area contributed by atoms with Crippen molar-refractivity contribution < 1.29 is 46.2 Å². The maximum absolute atomic E-state index is 15.3. The number of carbonyl (C=O) groups excluding carboxylic acids is 3. The van der Waals surface area contributed by atoms with E-state index in [0.717, 1.165) is 17.2 Å². The Bertz CT molecular complexity index is 1410. The topological polar surface area (TPSA) is 110 Å². The number of rotatable bonds is 9. The van der Waals surface area contributed by atoms with Gasteiger partial charge in [-0.25, -0.2) is 13.6 Å². The fraction of sp³-hybridized carbons (Fsp3) is 0.500. The lowest BCUT2D eigenvalue weighted by Crippen LogP contribution is -2.67. The summed E-state index contributed by atoms with van der Waals surface area (Å²) in [4.78, 5) is 55.5. The minimum Gasteiger partial charge on any atom is -0.475 e. The first-order valence-corrected chi connectivity index (χ1v) is 14.8. The van der Waals surface area contributed by atoms with Crippen LogP contribution < -0.4 is 5.32 Å². The first kappa shape index (κ1) is 36.4. The van der Waals surface area contributed by atoms with E-state index in [0.29, 0.717) is 38.4 Å². The van der Waals surface area contributed by atoms with Gasteiger partial charge in [-0.05, 0) is 62.4 Å². The molecule has 1 aliphatic heterocycles. The highest BCUT2D eigenvalue weighted by Crippen LogP contribution is 2.36. The van der Waals surface area contributed by atoms with Gasteiger partial charge in [-0.2, -0.15) is 13.2 Å². The van der Waals surface area contributed by atoms with Crippen LogP contribution in [0.5, 0.6) is 0 Å². The van der Waals surface area contributed by atoms with Gasteiger partial charge in [-0.3, -0.25) is 14.4 Å². The molecule has 3 atom stereocenters. The molecule has 2 aromatic rings. The summed E-state index contributed by atoms with van der Waals surface area (Å²) in [6.45, 7) is 4.73. The fourth-order valence-electron chi connectivity index (χ4n) is 5.67. The summed E-state index contributed by atoms with van der Waals surface area (Å²) in [5, 5.41) is 10.1. The van der Waals surface area contributed by atoms with Gasteiger partial charge in [-0.15, -0.1) is 0 Å². The number of hydrogen-bond donors (Lipinski definition) is 2. The lowest BCUT2D eigenvalue weighted by Gasteiger charge is -2.45. The first-order valence-electron chi connectivity index (χ1n) is 14.8. The zero-order valence-electron chi connectivity index (χ0n) is 26.3. The summed E-state index contributed by atoms with van der Waals surface area (Å²) in [6.07, 6.45) is -3.56. The number of amides is 3. The van der Waals surface area contributed by atoms with Gasteiger partial charge in [0.05, 0.1) is 0 Å². The molecule has 2 aromatic carbocycles. The van der Waals surface area contributed by atoms with Gasteiger partial charge in [-0.1, -0.05) is 44.2 Å². The summed E-state index contributed by atoms with van der Waals surface area (Å²) in [5.41, 5.74) is 2.13. The molecule has 0 aromatic heterocycles. The molecule has 1 saturated heterocycles. The maximum Gasteiger partial charge on any atom is 0.490 e. The molecule has 2 aliphatic rings. The lowest BCUT2D eigenvalue weighted by molar-refractivity contribution is -0.192. The van der Waals surface area contributed by atoms with Gasteiger partial charge < -0.3 is 25.1 Å². The highest BCUT2D eigenvalue weighted by molar-refractivity contribution is 6.00. The second kappa shape index (κ2) is 15.0. The number of nitrogens with one attached hydrogen (secondary N) is 1. The van der Waals surface area contributed by atoms with Crippen molar-refractivity contribution in [3.8, 4) is 0 Å². The Hall–Kier alpha value is -4.07. The molecule has 9 nitrogen and oxygen atoms in total. The fourth-order valence-corrected chi connectivity index (χ4v) is 5.67. The van der Waals surface area contributed by atoms with Crippen molar-refractivity contribution in [2.75, 3.05) is 34.2 Å². The number of nitrogens with zero attached hydrogens (tertiary/aromatic N) is 3. The third-order valence-corrected chi connectivity index (χ3v) is 7.98. The molecular formula is C32H39F5N4O5. The van der Waals surface area contributed by atoms with E-state index in [4.69, 9.17) is 9.90 Å². The normalized spacial score (nSPS) is 19.0. The Morgan fingerprint density at radius 2 is 1.57 bits per heavy atom. The minimum atomic E-state index is -5.08. The number of carboxylic acid groups (broad SMARTS) is 1. The van der Waals surface area contributed by atoms with Crippen LogP contribution >= 0.6 is 0 Å². The molecule has 0 radical (unpaired) electrons. The zero-order valence-corrected chi connectivity index (χ0v) is 26.3. The highest BCUT2D eigenvalue weighted by Gasteiger charge is 2.50. The van der Waals surface area contributed by atoms with Gasteiger partial charge in [0.15, 0.2) is 0 Å². The van der Waals surface area contributed by atoms with Gasteiger partial charge in [0.25, 0.3) is 0 Å². The van der Waals surface area contributed by atoms with Gasteiger partial charge in [0, 0.05) is 31.8 Å². The van der Waals surface area contributed by atoms with E-state index in [1.165, 1.54) is 15.9 Å². The van der Waals surface area contributed by atoms with E-state index in [1.807, 2.05) is 57.1 Å². The highest BCUT2D eigenvalue weighted by atomic mass is 19.4. The van der Waals surface area contributed by atoms with E-state index < -0.39 is 53.7 Å². The number of carboxylic acids is 1. The largest absolute Gasteiger partial charge is 0.490 e. The predicted molar refractivity (Wildman–Crippen MR) is 158 cm³/mol. The number of likely N-dealkylation sites (N-methyl/N-ethyl adjacent to an activating group) is 2. The minimum absolute atomic E-state index is 0.0172. The van der Waals surface area contributed by atoms with E-state index in [1.54, 1.807) is 7.05 Å². The molecule has 0 bridgehead atoms. The average Bonchev–Trinajstić information content (AvgIpc) is 3.39. The Morgan fingerprint density at radius 1 is 1.00 bits per heavy atom. The number of carbonyl (C=O) groups is 4. The maximum atomic E-state index is 15.3. The lowest BCUT2D eigenvalue weighted by atomic mass is 9.87. The van der Waals surface area contributed by atoms with Crippen LogP contribution in [0.3, 0.4) is 0 Å². The number of piperazine rings is 1. The molecule has 1 unspecified atom stereocenters. The molecule has 1 heterocycles. The average molecular weight is 655 g/mol. The summed E-state index contributed by atoms with van der Waals surface area (Å²) >= 11 is 0. The first-order chi connectivity index (χ1) is 21.4. The molecule has 1 fully saturated rings. The Kier molecular flexibility index (Phi) is 11.9. The van der Waals surface area contributed by atoms with Crippen molar-refractivity contribution in [3.05, 3.63) is 70.8 Å². The summed E-state index contributed by atoms with van der Waals surface area (Å²) in [7, 11) is 5.34. The summed E-state index contributed by atoms with van der Waals surface area (Å²) < 4.78 is 61.0. The Balaban J connectivity index is 0.000000738. The Morgan fingerprint density at radius 3 is 2.04 bits per heavy atom. The van der Waals surface area contributed by atoms with E-state index in [9.17, 15) is 31.9 Å². The molecule has 252 valence electrons. The molecular weight excluding hydrogens is 615 g/mol. The number of alkyl halides is 3. The number of halogens is 5. The van der Waals surface area contributed by atoms with Crippen LogP contribution in [0.25, 0.3) is 0 Å². The van der Waals surface area contributed by atoms with Gasteiger partial charge in [0.1, 0.15) is 29.8 Å². The van der Waals surface area contributed by atoms with E-state index in [2.05, 4.69) is 5.32 Å². The summed E-state index contributed by atoms with van der Waals surface area (Å²) in [5.74, 6) is -5.94. The molecule has 14 heteroatoms. The van der Waals surface area contributed by atoms with E-state index >= 15 is 4.39 Å². The summed E-state index contributed by atoms with van der Waals surface area (Å²) in [6, 6.07) is 7.69. The smallest absolute Gasteiger partial charge is 0.475 e. The zero-order chi connectivity index (χ0) is 34.5. The van der Waals surface area contributed by atoms with Crippen LogP contribution in [-0.4, -0.2) is 96.0 Å². The third kappa shape index (κ3) is 8.80. The molecule has 0 spiro atoms. The number of benzene rings is 2. The van der Waals surface area contributed by atoms with Crippen LogP contribution in [-0.2, 0) is 32.0 Å². The standard InChI is InChI=1S/C30H38F2N4O3.C2HF3O2/c1-18(2)14-25-28(37)33-26(21-15-19-8-6-7-9-20(19)16-21)29(38)36(25)27(23-11-10-22(31)17-24(23)32)30(39)35(5)13-12-34(3)4;3-2(4,5)1(6)7/h6-11,17-18,21,25-27H,12-16H2,1-5H3,(H,33,37);(H,6,7)/t25-,26?,27-;/m1./s1. The van der Waals surface area contributed by atoms with Crippen molar-refractivity contribution >= 4 is 23.7 Å². The quantitative estimate of drug-likeness (QED) is 0.398. The molecule has 4 rings (SSSR count). The molecule has 0 saturated carbocycles. The van der Waals surface area contributed by atoms with Crippen molar-refractivity contribution in [1.29, 1.82) is 0 Å². The number of aliphatic carboxylic acids is 1. The van der Waals surface area contributed by atoms with Crippen LogP contribution in [0.1, 0.15) is 43.0 Å².